The lowest BCUT2D eigenvalue weighted by molar-refractivity contribution is 0.0941. The van der Waals surface area contributed by atoms with Gasteiger partial charge in [-0.05, 0) is 46.5 Å². The number of nitrogens with zero attached hydrogens (tertiary/aromatic N) is 1. The van der Waals surface area contributed by atoms with Crippen LogP contribution in [0.3, 0.4) is 0 Å². The SMILES string of the molecule is O=C(NCc1cc[nH]c1)c1cc(Br)cn1C1CC1. The molecular formula is C13H14BrN3O. The van der Waals surface area contributed by atoms with Crippen molar-refractivity contribution in [2.24, 2.45) is 0 Å². The van der Waals surface area contributed by atoms with Crippen molar-refractivity contribution in [1.29, 1.82) is 0 Å². The lowest BCUT2D eigenvalue weighted by atomic mass is 10.3. The van der Waals surface area contributed by atoms with E-state index in [-0.39, 0.29) is 5.91 Å². The predicted molar refractivity (Wildman–Crippen MR) is 72.4 cm³/mol. The highest BCUT2D eigenvalue weighted by Gasteiger charge is 2.27. The first-order valence-corrected chi connectivity index (χ1v) is 6.80. The van der Waals surface area contributed by atoms with Crippen LogP contribution in [0, 0.1) is 0 Å². The molecule has 0 saturated heterocycles. The molecule has 0 radical (unpaired) electrons. The Hall–Kier alpha value is -1.49. The Labute approximate surface area is 114 Å². The molecule has 5 heteroatoms. The third-order valence-corrected chi connectivity index (χ3v) is 3.54. The van der Waals surface area contributed by atoms with Crippen LogP contribution < -0.4 is 5.32 Å². The van der Waals surface area contributed by atoms with Crippen LogP contribution in [0.5, 0.6) is 0 Å². The molecule has 0 atom stereocenters. The van der Waals surface area contributed by atoms with Crippen LogP contribution in [0.2, 0.25) is 0 Å². The molecule has 2 N–H and O–H groups in total. The van der Waals surface area contributed by atoms with E-state index in [1.807, 2.05) is 30.7 Å². The standard InChI is InChI=1S/C13H14BrN3O/c14-10-5-12(17(8-10)11-1-2-11)13(18)16-7-9-3-4-15-6-9/h3-6,8,11,15H,1-2,7H2,(H,16,18). The number of nitrogens with one attached hydrogen (secondary N) is 2. The summed E-state index contributed by atoms with van der Waals surface area (Å²) >= 11 is 3.43. The van der Waals surface area contributed by atoms with E-state index in [4.69, 9.17) is 0 Å². The van der Waals surface area contributed by atoms with E-state index in [0.29, 0.717) is 12.6 Å². The van der Waals surface area contributed by atoms with Gasteiger partial charge in [-0.3, -0.25) is 4.79 Å². The van der Waals surface area contributed by atoms with Crippen LogP contribution in [-0.4, -0.2) is 15.5 Å². The first-order chi connectivity index (χ1) is 8.74. The highest BCUT2D eigenvalue weighted by Crippen LogP contribution is 2.37. The van der Waals surface area contributed by atoms with E-state index in [0.717, 1.165) is 15.7 Å². The normalized spacial score (nSPS) is 14.7. The maximum atomic E-state index is 12.1. The zero-order chi connectivity index (χ0) is 12.5. The fourth-order valence-electron chi connectivity index (χ4n) is 2.02. The minimum absolute atomic E-state index is 0.0196. The lowest BCUT2D eigenvalue weighted by Crippen LogP contribution is -2.25. The Bertz CT molecular complexity index is 555. The third-order valence-electron chi connectivity index (χ3n) is 3.10. The number of aromatic nitrogens is 2. The number of amides is 1. The second-order valence-corrected chi connectivity index (χ2v) is 5.50. The van der Waals surface area contributed by atoms with Crippen LogP contribution >= 0.6 is 15.9 Å². The van der Waals surface area contributed by atoms with Crippen LogP contribution in [0.1, 0.15) is 34.9 Å². The van der Waals surface area contributed by atoms with Gasteiger partial charge in [0.15, 0.2) is 0 Å². The summed E-state index contributed by atoms with van der Waals surface area (Å²) in [6.07, 6.45) is 8.06. The third kappa shape index (κ3) is 2.36. The van der Waals surface area contributed by atoms with Crippen molar-refractivity contribution in [3.05, 3.63) is 46.5 Å². The summed E-state index contributed by atoms with van der Waals surface area (Å²) in [5.74, 6) is -0.0196. The molecule has 0 aliphatic heterocycles. The predicted octanol–water partition coefficient (Wildman–Crippen LogP) is 2.84. The average Bonchev–Trinajstić information content (AvgIpc) is 2.92. The van der Waals surface area contributed by atoms with Crippen LogP contribution in [0.4, 0.5) is 0 Å². The number of halogens is 1. The molecule has 94 valence electrons. The second kappa shape index (κ2) is 4.65. The molecule has 2 aromatic heterocycles. The van der Waals surface area contributed by atoms with Gasteiger partial charge in [-0.2, -0.15) is 0 Å². The molecule has 1 amide bonds. The summed E-state index contributed by atoms with van der Waals surface area (Å²) < 4.78 is 3.03. The number of hydrogen-bond donors (Lipinski definition) is 2. The molecule has 1 fully saturated rings. The van der Waals surface area contributed by atoms with Crippen molar-refractivity contribution in [2.75, 3.05) is 0 Å². The van der Waals surface area contributed by atoms with Gasteiger partial charge >= 0.3 is 0 Å². The largest absolute Gasteiger partial charge is 0.367 e. The van der Waals surface area contributed by atoms with Crippen molar-refractivity contribution in [3.8, 4) is 0 Å². The fourth-order valence-corrected chi connectivity index (χ4v) is 2.46. The first kappa shape index (κ1) is 11.6. The Morgan fingerprint density at radius 2 is 2.39 bits per heavy atom. The highest BCUT2D eigenvalue weighted by atomic mass is 79.9. The Balaban J connectivity index is 1.71. The molecule has 0 spiro atoms. The van der Waals surface area contributed by atoms with Gasteiger partial charge in [0.2, 0.25) is 0 Å². The Morgan fingerprint density at radius 3 is 3.06 bits per heavy atom. The number of rotatable bonds is 4. The lowest BCUT2D eigenvalue weighted by Gasteiger charge is -2.07. The zero-order valence-corrected chi connectivity index (χ0v) is 11.4. The van der Waals surface area contributed by atoms with E-state index in [2.05, 4.69) is 30.8 Å². The minimum Gasteiger partial charge on any atom is -0.367 e. The molecule has 1 aliphatic carbocycles. The number of carbonyl (C=O) groups excluding carboxylic acids is 1. The van der Waals surface area contributed by atoms with Crippen LogP contribution in [0.25, 0.3) is 0 Å². The summed E-state index contributed by atoms with van der Waals surface area (Å²) in [6.45, 7) is 0.551. The van der Waals surface area contributed by atoms with E-state index in [1.54, 1.807) is 0 Å². The fraction of sp³-hybridized carbons (Fsp3) is 0.308. The molecule has 0 unspecified atom stereocenters. The molecule has 0 bridgehead atoms. The maximum Gasteiger partial charge on any atom is 0.268 e. The van der Waals surface area contributed by atoms with Crippen LogP contribution in [0.15, 0.2) is 35.2 Å². The minimum atomic E-state index is -0.0196. The summed E-state index contributed by atoms with van der Waals surface area (Å²) in [4.78, 5) is 15.1. The number of hydrogen-bond acceptors (Lipinski definition) is 1. The van der Waals surface area contributed by atoms with Gasteiger partial charge < -0.3 is 14.9 Å². The molecule has 3 rings (SSSR count). The molecule has 1 saturated carbocycles. The quantitative estimate of drug-likeness (QED) is 0.896. The molecule has 18 heavy (non-hydrogen) atoms. The van der Waals surface area contributed by atoms with Gasteiger partial charge in [0, 0.05) is 35.6 Å². The zero-order valence-electron chi connectivity index (χ0n) is 9.82. The van der Waals surface area contributed by atoms with Crippen molar-refractivity contribution in [3.63, 3.8) is 0 Å². The van der Waals surface area contributed by atoms with Crippen molar-refractivity contribution >= 4 is 21.8 Å². The summed E-state index contributed by atoms with van der Waals surface area (Å²) in [5.41, 5.74) is 1.81. The number of carbonyl (C=O) groups is 1. The number of aromatic amines is 1. The Morgan fingerprint density at radius 1 is 1.56 bits per heavy atom. The summed E-state index contributed by atoms with van der Waals surface area (Å²) in [5, 5.41) is 2.94. The topological polar surface area (TPSA) is 49.8 Å². The van der Waals surface area contributed by atoms with Gasteiger partial charge in [-0.1, -0.05) is 0 Å². The van der Waals surface area contributed by atoms with E-state index >= 15 is 0 Å². The average molecular weight is 308 g/mol. The smallest absolute Gasteiger partial charge is 0.268 e. The number of H-pyrrole nitrogens is 1. The molecule has 1 aliphatic rings. The van der Waals surface area contributed by atoms with E-state index < -0.39 is 0 Å². The van der Waals surface area contributed by atoms with Crippen molar-refractivity contribution < 1.29 is 4.79 Å². The monoisotopic (exact) mass is 307 g/mol. The van der Waals surface area contributed by atoms with Gasteiger partial charge in [-0.25, -0.2) is 0 Å². The Kier molecular flexibility index (Phi) is 2.99. The molecule has 4 nitrogen and oxygen atoms in total. The molecule has 2 aromatic rings. The molecular weight excluding hydrogens is 294 g/mol. The molecule has 0 aromatic carbocycles. The van der Waals surface area contributed by atoms with Crippen molar-refractivity contribution in [1.82, 2.24) is 14.9 Å². The maximum absolute atomic E-state index is 12.1. The van der Waals surface area contributed by atoms with Crippen LogP contribution in [-0.2, 0) is 6.54 Å². The second-order valence-electron chi connectivity index (χ2n) is 4.58. The van der Waals surface area contributed by atoms with Gasteiger partial charge in [0.1, 0.15) is 5.69 Å². The molecule has 2 heterocycles. The summed E-state index contributed by atoms with van der Waals surface area (Å²) in [7, 11) is 0. The first-order valence-electron chi connectivity index (χ1n) is 6.01. The van der Waals surface area contributed by atoms with E-state index in [9.17, 15) is 4.79 Å². The van der Waals surface area contributed by atoms with Gasteiger partial charge in [0.05, 0.1) is 0 Å². The van der Waals surface area contributed by atoms with Crippen molar-refractivity contribution in [2.45, 2.75) is 25.4 Å². The van der Waals surface area contributed by atoms with E-state index in [1.165, 1.54) is 12.8 Å². The highest BCUT2D eigenvalue weighted by molar-refractivity contribution is 9.10. The van der Waals surface area contributed by atoms with Gasteiger partial charge in [0.25, 0.3) is 5.91 Å². The van der Waals surface area contributed by atoms with Gasteiger partial charge in [-0.15, -0.1) is 0 Å². The summed E-state index contributed by atoms with van der Waals surface area (Å²) in [6, 6.07) is 4.34.